The van der Waals surface area contributed by atoms with Crippen molar-refractivity contribution in [2.24, 2.45) is 5.73 Å². The molecule has 0 rings (SSSR count). The molecule has 0 bridgehead atoms. The van der Waals surface area contributed by atoms with E-state index in [9.17, 15) is 0 Å². The topological polar surface area (TPSA) is 47.3 Å². The van der Waals surface area contributed by atoms with Gasteiger partial charge in [-0.25, -0.2) is 0 Å². The molecule has 0 aromatic rings. The molecule has 2 atom stereocenters. The van der Waals surface area contributed by atoms with Crippen molar-refractivity contribution in [1.82, 2.24) is 5.32 Å². The van der Waals surface area contributed by atoms with Gasteiger partial charge in [0.15, 0.2) is 9.76 Å². The molecule has 0 saturated heterocycles. The first-order chi connectivity index (χ1) is 5.66. The van der Waals surface area contributed by atoms with Gasteiger partial charge in [0.25, 0.3) is 0 Å². The van der Waals surface area contributed by atoms with Crippen LogP contribution < -0.4 is 11.1 Å². The van der Waals surface area contributed by atoms with Crippen LogP contribution in [0.1, 0.15) is 20.8 Å². The molecule has 0 fully saturated rings. The van der Waals surface area contributed by atoms with Crippen LogP contribution in [-0.4, -0.2) is 35.0 Å². The van der Waals surface area contributed by atoms with E-state index in [-0.39, 0.29) is 15.8 Å². The third-order valence-corrected chi connectivity index (χ3v) is 3.49. The van der Waals surface area contributed by atoms with E-state index in [4.69, 9.17) is 10.2 Å². The van der Waals surface area contributed by atoms with E-state index in [1.165, 1.54) is 6.04 Å². The summed E-state index contributed by atoms with van der Waals surface area (Å²) in [5.74, 6) is 0. The second kappa shape index (κ2) is 7.73. The minimum atomic E-state index is -0.284. The molecular weight excluding hydrogens is 168 g/mol. The standard InChI is InChI=1S/C8H22N2OSi/c1-4-11-12-6-8(3)10-5-7(2)9/h7-8,10H,4-6,9,12H2,1-3H3. The van der Waals surface area contributed by atoms with E-state index in [1.807, 2.05) is 13.8 Å². The van der Waals surface area contributed by atoms with Gasteiger partial charge in [-0.15, -0.1) is 0 Å². The summed E-state index contributed by atoms with van der Waals surface area (Å²) < 4.78 is 5.38. The molecule has 0 amide bonds. The van der Waals surface area contributed by atoms with Gasteiger partial charge in [-0.1, -0.05) is 0 Å². The van der Waals surface area contributed by atoms with Crippen LogP contribution in [0.4, 0.5) is 0 Å². The largest absolute Gasteiger partial charge is 0.424 e. The summed E-state index contributed by atoms with van der Waals surface area (Å²) in [5.41, 5.74) is 5.61. The molecule has 0 radical (unpaired) electrons. The quantitative estimate of drug-likeness (QED) is 0.433. The lowest BCUT2D eigenvalue weighted by molar-refractivity contribution is 0.355. The Labute approximate surface area is 78.0 Å². The third kappa shape index (κ3) is 8.20. The molecule has 0 saturated carbocycles. The zero-order chi connectivity index (χ0) is 9.40. The first-order valence-electron chi connectivity index (χ1n) is 4.73. The highest BCUT2D eigenvalue weighted by Crippen LogP contribution is 1.90. The Hall–Kier alpha value is 0.0969. The minimum absolute atomic E-state index is 0.251. The van der Waals surface area contributed by atoms with E-state index in [0.717, 1.165) is 13.2 Å². The Kier molecular flexibility index (Phi) is 7.79. The van der Waals surface area contributed by atoms with Crippen molar-refractivity contribution in [3.05, 3.63) is 0 Å². The first kappa shape index (κ1) is 12.1. The number of nitrogens with one attached hydrogen (secondary N) is 1. The Morgan fingerprint density at radius 3 is 2.67 bits per heavy atom. The summed E-state index contributed by atoms with van der Waals surface area (Å²) >= 11 is 0. The fourth-order valence-corrected chi connectivity index (χ4v) is 1.91. The highest BCUT2D eigenvalue weighted by molar-refractivity contribution is 6.27. The van der Waals surface area contributed by atoms with Crippen LogP contribution in [0.15, 0.2) is 0 Å². The molecule has 0 aliphatic heterocycles. The lowest BCUT2D eigenvalue weighted by Crippen LogP contribution is -2.37. The van der Waals surface area contributed by atoms with Gasteiger partial charge >= 0.3 is 0 Å². The highest BCUT2D eigenvalue weighted by Gasteiger charge is 2.02. The fraction of sp³-hybridized carbons (Fsp3) is 1.00. The zero-order valence-electron chi connectivity index (χ0n) is 8.47. The molecule has 4 heteroatoms. The number of hydrogen-bond acceptors (Lipinski definition) is 3. The summed E-state index contributed by atoms with van der Waals surface area (Å²) in [7, 11) is -0.284. The van der Waals surface area contributed by atoms with Crippen LogP contribution >= 0.6 is 0 Å². The Morgan fingerprint density at radius 2 is 2.17 bits per heavy atom. The maximum Gasteiger partial charge on any atom is 0.163 e. The van der Waals surface area contributed by atoms with Gasteiger partial charge in [-0.3, -0.25) is 0 Å². The van der Waals surface area contributed by atoms with Crippen molar-refractivity contribution < 1.29 is 4.43 Å². The maximum absolute atomic E-state index is 5.61. The number of nitrogens with two attached hydrogens (primary N) is 1. The predicted octanol–water partition coefficient (Wildman–Crippen LogP) is -0.150. The molecule has 3 nitrogen and oxygen atoms in total. The molecule has 0 heterocycles. The van der Waals surface area contributed by atoms with Gasteiger partial charge in [0.2, 0.25) is 0 Å². The van der Waals surface area contributed by atoms with Crippen LogP contribution in [0, 0.1) is 0 Å². The molecule has 2 unspecified atom stereocenters. The molecule has 12 heavy (non-hydrogen) atoms. The lowest BCUT2D eigenvalue weighted by atomic mass is 10.3. The molecule has 0 spiro atoms. The van der Waals surface area contributed by atoms with Crippen molar-refractivity contribution in [3.8, 4) is 0 Å². The van der Waals surface area contributed by atoms with Gasteiger partial charge in [0.05, 0.1) is 0 Å². The number of rotatable bonds is 7. The van der Waals surface area contributed by atoms with Gasteiger partial charge in [-0.2, -0.15) is 0 Å². The smallest absolute Gasteiger partial charge is 0.163 e. The van der Waals surface area contributed by atoms with E-state index in [2.05, 4.69) is 12.2 Å². The maximum atomic E-state index is 5.61. The van der Waals surface area contributed by atoms with Gasteiger partial charge in [-0.05, 0) is 26.8 Å². The molecule has 74 valence electrons. The average molecular weight is 190 g/mol. The highest BCUT2D eigenvalue weighted by atomic mass is 28.2. The second-order valence-electron chi connectivity index (χ2n) is 3.27. The van der Waals surface area contributed by atoms with E-state index < -0.39 is 0 Å². The molecule has 0 aromatic heterocycles. The second-order valence-corrected chi connectivity index (χ2v) is 4.67. The van der Waals surface area contributed by atoms with Crippen LogP contribution in [0.25, 0.3) is 0 Å². The van der Waals surface area contributed by atoms with Crippen molar-refractivity contribution in [2.75, 3.05) is 13.2 Å². The van der Waals surface area contributed by atoms with Crippen molar-refractivity contribution >= 4 is 9.76 Å². The summed E-state index contributed by atoms with van der Waals surface area (Å²) in [4.78, 5) is 0. The Bertz CT molecular complexity index is 101. The van der Waals surface area contributed by atoms with Crippen molar-refractivity contribution in [3.63, 3.8) is 0 Å². The third-order valence-electron chi connectivity index (χ3n) is 1.69. The van der Waals surface area contributed by atoms with Crippen LogP contribution in [-0.2, 0) is 4.43 Å². The molecule has 0 aromatic carbocycles. The zero-order valence-corrected chi connectivity index (χ0v) is 9.88. The van der Waals surface area contributed by atoms with E-state index in [0.29, 0.717) is 6.04 Å². The lowest BCUT2D eigenvalue weighted by Gasteiger charge is -2.14. The van der Waals surface area contributed by atoms with Crippen molar-refractivity contribution in [1.29, 1.82) is 0 Å². The van der Waals surface area contributed by atoms with Gasteiger partial charge in [0, 0.05) is 25.2 Å². The molecule has 0 aliphatic rings. The van der Waals surface area contributed by atoms with Crippen LogP contribution in [0.3, 0.4) is 0 Å². The number of hydrogen-bond donors (Lipinski definition) is 2. The summed E-state index contributed by atoms with van der Waals surface area (Å²) in [6.45, 7) is 8.02. The normalized spacial score (nSPS) is 17.0. The summed E-state index contributed by atoms with van der Waals surface area (Å²) in [5, 5.41) is 3.37. The van der Waals surface area contributed by atoms with Crippen LogP contribution in [0.2, 0.25) is 6.04 Å². The molecule has 0 aliphatic carbocycles. The van der Waals surface area contributed by atoms with E-state index >= 15 is 0 Å². The summed E-state index contributed by atoms with van der Waals surface area (Å²) in [6.07, 6.45) is 0. The monoisotopic (exact) mass is 190 g/mol. The summed E-state index contributed by atoms with van der Waals surface area (Å²) in [6, 6.07) is 2.01. The first-order valence-corrected chi connectivity index (χ1v) is 6.31. The van der Waals surface area contributed by atoms with E-state index in [1.54, 1.807) is 0 Å². The Morgan fingerprint density at radius 1 is 1.50 bits per heavy atom. The van der Waals surface area contributed by atoms with Crippen LogP contribution in [0.5, 0.6) is 0 Å². The molecular formula is C8H22N2OSi. The fourth-order valence-electron chi connectivity index (χ4n) is 0.894. The van der Waals surface area contributed by atoms with Gasteiger partial charge in [0.1, 0.15) is 0 Å². The Balaban J connectivity index is 3.15. The molecule has 3 N–H and O–H groups in total. The SMILES string of the molecule is CCO[SiH2]CC(C)NCC(C)N. The van der Waals surface area contributed by atoms with Gasteiger partial charge < -0.3 is 15.5 Å². The van der Waals surface area contributed by atoms with Crippen molar-refractivity contribution in [2.45, 2.75) is 38.9 Å². The average Bonchev–Trinajstić information content (AvgIpc) is 2.01. The predicted molar refractivity (Wildman–Crippen MR) is 56.1 cm³/mol. The minimum Gasteiger partial charge on any atom is -0.424 e.